The fourth-order valence-corrected chi connectivity index (χ4v) is 2.05. The molecule has 0 saturated carbocycles. The van der Waals surface area contributed by atoms with Crippen molar-refractivity contribution in [3.8, 4) is 0 Å². The van der Waals surface area contributed by atoms with Gasteiger partial charge in [0.15, 0.2) is 0 Å². The number of nitrogens with two attached hydrogens (primary N) is 1. The number of para-hydroxylation sites is 1. The van der Waals surface area contributed by atoms with E-state index < -0.39 is 0 Å². The molecule has 1 heterocycles. The smallest absolute Gasteiger partial charge is 0.224 e. The Bertz CT molecular complexity index is 610. The van der Waals surface area contributed by atoms with E-state index in [-0.39, 0.29) is 5.91 Å². The molecule has 0 saturated heterocycles. The van der Waals surface area contributed by atoms with Crippen LogP contribution in [0.2, 0.25) is 0 Å². The molecule has 2 rings (SSSR count). The zero-order valence-corrected chi connectivity index (χ0v) is 12.0. The van der Waals surface area contributed by atoms with E-state index in [4.69, 9.17) is 5.73 Å². The number of rotatable bonds is 5. The Morgan fingerprint density at radius 2 is 2.15 bits per heavy atom. The lowest BCUT2D eigenvalue weighted by Gasteiger charge is -2.10. The van der Waals surface area contributed by atoms with Gasteiger partial charge in [0, 0.05) is 17.5 Å². The molecular formula is C16H21N3O. The summed E-state index contributed by atoms with van der Waals surface area (Å²) < 4.78 is 0. The molecule has 0 radical (unpaired) electrons. The first-order valence-electron chi connectivity index (χ1n) is 6.96. The fourth-order valence-electron chi connectivity index (χ4n) is 2.05. The van der Waals surface area contributed by atoms with Crippen LogP contribution in [0.4, 0.5) is 5.69 Å². The van der Waals surface area contributed by atoms with Crippen molar-refractivity contribution in [2.24, 2.45) is 11.7 Å². The third kappa shape index (κ3) is 3.54. The maximum Gasteiger partial charge on any atom is 0.224 e. The summed E-state index contributed by atoms with van der Waals surface area (Å²) >= 11 is 0. The van der Waals surface area contributed by atoms with Crippen molar-refractivity contribution in [2.45, 2.75) is 26.7 Å². The van der Waals surface area contributed by atoms with Crippen LogP contribution in [0.15, 0.2) is 30.3 Å². The van der Waals surface area contributed by atoms with Gasteiger partial charge in [-0.3, -0.25) is 9.78 Å². The summed E-state index contributed by atoms with van der Waals surface area (Å²) in [5.41, 5.74) is 8.12. The highest BCUT2D eigenvalue weighted by atomic mass is 16.1. The third-order valence-corrected chi connectivity index (χ3v) is 3.40. The second kappa shape index (κ2) is 6.48. The van der Waals surface area contributed by atoms with Gasteiger partial charge in [0.05, 0.1) is 11.2 Å². The van der Waals surface area contributed by atoms with E-state index in [1.807, 2.05) is 37.3 Å². The Balaban J connectivity index is 2.13. The summed E-state index contributed by atoms with van der Waals surface area (Å²) in [4.78, 5) is 16.5. The number of nitrogens with one attached hydrogen (secondary N) is 1. The van der Waals surface area contributed by atoms with Crippen molar-refractivity contribution in [2.75, 3.05) is 11.9 Å². The fraction of sp³-hybridized carbons (Fsp3) is 0.375. The van der Waals surface area contributed by atoms with Crippen molar-refractivity contribution >= 4 is 22.5 Å². The topological polar surface area (TPSA) is 68.0 Å². The molecule has 1 unspecified atom stereocenters. The molecule has 1 atom stereocenters. The Kier molecular flexibility index (Phi) is 4.69. The number of benzene rings is 1. The maximum atomic E-state index is 12.0. The van der Waals surface area contributed by atoms with E-state index in [1.165, 1.54) is 0 Å². The Morgan fingerprint density at radius 3 is 2.90 bits per heavy atom. The van der Waals surface area contributed by atoms with Gasteiger partial charge >= 0.3 is 0 Å². The van der Waals surface area contributed by atoms with E-state index in [0.29, 0.717) is 18.9 Å². The molecule has 106 valence electrons. The largest absolute Gasteiger partial charge is 0.330 e. The molecule has 0 fully saturated rings. The Morgan fingerprint density at radius 1 is 1.35 bits per heavy atom. The number of aryl methyl sites for hydroxylation is 1. The van der Waals surface area contributed by atoms with Gasteiger partial charge in [0.2, 0.25) is 5.91 Å². The minimum atomic E-state index is 0.0149. The molecule has 4 nitrogen and oxygen atoms in total. The van der Waals surface area contributed by atoms with Crippen molar-refractivity contribution in [3.63, 3.8) is 0 Å². The molecule has 4 heteroatoms. The number of carbonyl (C=O) groups is 1. The van der Waals surface area contributed by atoms with Gasteiger partial charge in [-0.25, -0.2) is 0 Å². The second-order valence-electron chi connectivity index (χ2n) is 5.26. The van der Waals surface area contributed by atoms with Crippen LogP contribution in [0.5, 0.6) is 0 Å². The first-order chi connectivity index (χ1) is 9.60. The van der Waals surface area contributed by atoms with Crippen LogP contribution in [-0.2, 0) is 4.79 Å². The van der Waals surface area contributed by atoms with Gasteiger partial charge in [0.25, 0.3) is 0 Å². The number of aromatic nitrogens is 1. The number of pyridine rings is 1. The van der Waals surface area contributed by atoms with Crippen molar-refractivity contribution in [1.29, 1.82) is 0 Å². The molecule has 1 aromatic carbocycles. The zero-order chi connectivity index (χ0) is 14.5. The summed E-state index contributed by atoms with van der Waals surface area (Å²) in [6, 6.07) is 9.80. The molecular weight excluding hydrogens is 250 g/mol. The van der Waals surface area contributed by atoms with E-state index in [1.54, 1.807) is 0 Å². The lowest BCUT2D eigenvalue weighted by molar-refractivity contribution is -0.116. The number of fused-ring (bicyclic) bond motifs is 1. The quantitative estimate of drug-likeness (QED) is 0.878. The maximum absolute atomic E-state index is 12.0. The predicted octanol–water partition coefficient (Wildman–Crippen LogP) is 2.86. The molecule has 0 aliphatic heterocycles. The van der Waals surface area contributed by atoms with Crippen molar-refractivity contribution < 1.29 is 4.79 Å². The molecule has 1 aromatic heterocycles. The van der Waals surface area contributed by atoms with E-state index >= 15 is 0 Å². The SMILES string of the molecule is Cc1ccc2cccc(NC(=O)CCC(C)CN)c2n1. The molecule has 2 aromatic rings. The van der Waals surface area contributed by atoms with Gasteiger partial charge in [-0.1, -0.05) is 25.1 Å². The monoisotopic (exact) mass is 271 g/mol. The summed E-state index contributed by atoms with van der Waals surface area (Å²) in [5, 5.41) is 3.98. The van der Waals surface area contributed by atoms with Crippen LogP contribution in [0, 0.1) is 12.8 Å². The van der Waals surface area contributed by atoms with Crippen molar-refractivity contribution in [1.82, 2.24) is 4.98 Å². The predicted molar refractivity (Wildman–Crippen MR) is 82.6 cm³/mol. The molecule has 0 bridgehead atoms. The van der Waals surface area contributed by atoms with Crippen LogP contribution in [0.25, 0.3) is 10.9 Å². The molecule has 20 heavy (non-hydrogen) atoms. The van der Waals surface area contributed by atoms with Crippen molar-refractivity contribution in [3.05, 3.63) is 36.0 Å². The minimum Gasteiger partial charge on any atom is -0.330 e. The molecule has 0 spiro atoms. The number of carbonyl (C=O) groups excluding carboxylic acids is 1. The summed E-state index contributed by atoms with van der Waals surface area (Å²) in [6.07, 6.45) is 1.29. The number of nitrogens with zero attached hydrogens (tertiary/aromatic N) is 1. The lowest BCUT2D eigenvalue weighted by atomic mass is 10.1. The van der Waals surface area contributed by atoms with Gasteiger partial charge in [-0.15, -0.1) is 0 Å². The van der Waals surface area contributed by atoms with Gasteiger partial charge < -0.3 is 11.1 Å². The molecule has 0 aliphatic carbocycles. The third-order valence-electron chi connectivity index (χ3n) is 3.40. The highest BCUT2D eigenvalue weighted by Gasteiger charge is 2.08. The normalized spacial score (nSPS) is 12.3. The molecule has 3 N–H and O–H groups in total. The van der Waals surface area contributed by atoms with E-state index in [2.05, 4.69) is 17.2 Å². The van der Waals surface area contributed by atoms with Crippen LogP contribution in [-0.4, -0.2) is 17.4 Å². The summed E-state index contributed by atoms with van der Waals surface area (Å²) in [6.45, 7) is 4.61. The lowest BCUT2D eigenvalue weighted by Crippen LogP contribution is -2.16. The van der Waals surface area contributed by atoms with Crippen LogP contribution >= 0.6 is 0 Å². The van der Waals surface area contributed by atoms with E-state index in [0.717, 1.165) is 28.7 Å². The van der Waals surface area contributed by atoms with Gasteiger partial charge in [-0.2, -0.15) is 0 Å². The highest BCUT2D eigenvalue weighted by molar-refractivity contribution is 6.00. The van der Waals surface area contributed by atoms with Gasteiger partial charge in [0.1, 0.15) is 0 Å². The number of amides is 1. The number of hydrogen-bond acceptors (Lipinski definition) is 3. The number of anilines is 1. The first-order valence-corrected chi connectivity index (χ1v) is 6.96. The van der Waals surface area contributed by atoms with E-state index in [9.17, 15) is 4.79 Å². The zero-order valence-electron chi connectivity index (χ0n) is 12.0. The minimum absolute atomic E-state index is 0.0149. The number of hydrogen-bond donors (Lipinski definition) is 2. The summed E-state index contributed by atoms with van der Waals surface area (Å²) in [7, 11) is 0. The summed E-state index contributed by atoms with van der Waals surface area (Å²) in [5.74, 6) is 0.384. The second-order valence-corrected chi connectivity index (χ2v) is 5.26. The van der Waals surface area contributed by atoms with Crippen LogP contribution < -0.4 is 11.1 Å². The standard InChI is InChI=1S/C16H21N3O/c1-11(10-17)6-9-15(20)19-14-5-3-4-13-8-7-12(2)18-16(13)14/h3-5,7-8,11H,6,9-10,17H2,1-2H3,(H,19,20). The first kappa shape index (κ1) is 14.5. The Labute approximate surface area is 119 Å². The average Bonchev–Trinajstić information content (AvgIpc) is 2.45. The highest BCUT2D eigenvalue weighted by Crippen LogP contribution is 2.22. The average molecular weight is 271 g/mol. The molecule has 1 amide bonds. The van der Waals surface area contributed by atoms with Gasteiger partial charge in [-0.05, 0) is 37.9 Å². The molecule has 0 aliphatic rings. The van der Waals surface area contributed by atoms with Crippen LogP contribution in [0.3, 0.4) is 0 Å². The van der Waals surface area contributed by atoms with Crippen LogP contribution in [0.1, 0.15) is 25.5 Å². The Hall–Kier alpha value is -1.94.